The van der Waals surface area contributed by atoms with E-state index in [2.05, 4.69) is 4.98 Å². The molecule has 2 aromatic carbocycles. The number of nitrogens with zero attached hydrogens (tertiary/aromatic N) is 2. The number of benzene rings is 2. The van der Waals surface area contributed by atoms with Crippen molar-refractivity contribution in [2.24, 2.45) is 0 Å². The maximum Gasteiger partial charge on any atom is 0.338 e. The Kier molecular flexibility index (Phi) is 6.73. The number of pyridine rings is 1. The van der Waals surface area contributed by atoms with Crippen LogP contribution < -0.4 is 0 Å². The van der Waals surface area contributed by atoms with E-state index in [0.717, 1.165) is 12.1 Å². The van der Waals surface area contributed by atoms with Crippen LogP contribution in [-0.4, -0.2) is 38.8 Å². The van der Waals surface area contributed by atoms with Gasteiger partial charge in [0.2, 0.25) is 0 Å². The van der Waals surface area contributed by atoms with E-state index < -0.39 is 35.3 Å². The summed E-state index contributed by atoms with van der Waals surface area (Å²) in [7, 11) is 0. The van der Waals surface area contributed by atoms with E-state index in [1.807, 2.05) is 0 Å². The highest BCUT2D eigenvalue weighted by molar-refractivity contribution is 6.46. The summed E-state index contributed by atoms with van der Waals surface area (Å²) < 4.78 is 18.6. The third kappa shape index (κ3) is 4.96. The van der Waals surface area contributed by atoms with Crippen molar-refractivity contribution in [3.8, 4) is 0 Å². The van der Waals surface area contributed by atoms with Gasteiger partial charge in [-0.1, -0.05) is 18.2 Å². The predicted octanol–water partition coefficient (Wildman–Crippen LogP) is 4.41. The normalized spacial score (nSPS) is 17.1. The highest BCUT2D eigenvalue weighted by Gasteiger charge is 2.46. The fourth-order valence-corrected chi connectivity index (χ4v) is 3.92. The molecule has 35 heavy (non-hydrogen) atoms. The number of likely N-dealkylation sites (tertiary alicyclic amines) is 1. The number of esters is 1. The number of halogens is 1. The second-order valence-corrected chi connectivity index (χ2v) is 8.37. The molecule has 1 unspecified atom stereocenters. The van der Waals surface area contributed by atoms with E-state index in [4.69, 9.17) is 4.74 Å². The SMILES string of the molecule is CC(C)OC(=O)c1ccc(CN2C(=O)C(=O)/C(=C(/O)c3ccc(F)cc3)C2c2cccnc2)cc1. The molecule has 1 fully saturated rings. The molecule has 1 atom stereocenters. The quantitative estimate of drug-likeness (QED) is 0.246. The zero-order chi connectivity index (χ0) is 25.1. The smallest absolute Gasteiger partial charge is 0.338 e. The molecule has 0 bridgehead atoms. The number of aliphatic hydroxyl groups excluding tert-OH is 1. The topological polar surface area (TPSA) is 96.8 Å². The molecule has 2 heterocycles. The molecule has 1 amide bonds. The number of aromatic nitrogens is 1. The van der Waals surface area contributed by atoms with E-state index in [1.165, 1.54) is 23.2 Å². The van der Waals surface area contributed by atoms with Crippen molar-refractivity contribution in [1.82, 2.24) is 9.88 Å². The number of aliphatic hydroxyl groups is 1. The largest absolute Gasteiger partial charge is 0.507 e. The van der Waals surface area contributed by atoms with Crippen LogP contribution in [0.5, 0.6) is 0 Å². The predicted molar refractivity (Wildman–Crippen MR) is 125 cm³/mol. The fourth-order valence-electron chi connectivity index (χ4n) is 3.92. The minimum atomic E-state index is -0.903. The van der Waals surface area contributed by atoms with Crippen LogP contribution in [0.15, 0.2) is 78.6 Å². The number of hydrogen-bond donors (Lipinski definition) is 1. The molecular weight excluding hydrogens is 451 g/mol. The fraction of sp³-hybridized carbons (Fsp3) is 0.185. The summed E-state index contributed by atoms with van der Waals surface area (Å²) in [5.41, 5.74) is 1.68. The number of ketones is 1. The first kappa shape index (κ1) is 23.8. The van der Waals surface area contributed by atoms with Crippen LogP contribution in [0.25, 0.3) is 5.76 Å². The number of ether oxygens (including phenoxy) is 1. The summed E-state index contributed by atoms with van der Waals surface area (Å²) in [6.07, 6.45) is 2.83. The van der Waals surface area contributed by atoms with Crippen molar-refractivity contribution in [3.63, 3.8) is 0 Å². The van der Waals surface area contributed by atoms with Gasteiger partial charge in [0.15, 0.2) is 0 Å². The van der Waals surface area contributed by atoms with Gasteiger partial charge in [-0.15, -0.1) is 0 Å². The average molecular weight is 474 g/mol. The van der Waals surface area contributed by atoms with E-state index >= 15 is 0 Å². The second kappa shape index (κ2) is 9.89. The van der Waals surface area contributed by atoms with Crippen LogP contribution in [0.4, 0.5) is 4.39 Å². The minimum absolute atomic E-state index is 0.0455. The Morgan fingerprint density at radius 3 is 2.31 bits per heavy atom. The lowest BCUT2D eigenvalue weighted by Crippen LogP contribution is -2.29. The molecule has 178 valence electrons. The second-order valence-electron chi connectivity index (χ2n) is 8.37. The van der Waals surface area contributed by atoms with E-state index in [9.17, 15) is 23.9 Å². The number of Topliss-reactive ketones (excluding diaryl/α,β-unsaturated/α-hetero) is 1. The van der Waals surface area contributed by atoms with Crippen LogP contribution in [0.3, 0.4) is 0 Å². The van der Waals surface area contributed by atoms with Gasteiger partial charge >= 0.3 is 5.97 Å². The number of carbonyl (C=O) groups excluding carboxylic acids is 3. The van der Waals surface area contributed by atoms with Crippen LogP contribution in [0.1, 0.15) is 46.9 Å². The molecule has 3 aromatic rings. The van der Waals surface area contributed by atoms with Crippen molar-refractivity contribution >= 4 is 23.4 Å². The van der Waals surface area contributed by atoms with Crippen LogP contribution in [0, 0.1) is 5.82 Å². The van der Waals surface area contributed by atoms with E-state index in [-0.39, 0.29) is 23.8 Å². The molecule has 0 spiro atoms. The van der Waals surface area contributed by atoms with Gasteiger partial charge in [0.25, 0.3) is 11.7 Å². The van der Waals surface area contributed by atoms with Crippen LogP contribution in [-0.2, 0) is 20.9 Å². The zero-order valence-electron chi connectivity index (χ0n) is 19.1. The molecule has 8 heteroatoms. The van der Waals surface area contributed by atoms with E-state index in [0.29, 0.717) is 16.7 Å². The van der Waals surface area contributed by atoms with Gasteiger partial charge in [0.05, 0.1) is 23.3 Å². The monoisotopic (exact) mass is 474 g/mol. The number of amides is 1. The summed E-state index contributed by atoms with van der Waals surface area (Å²) in [6, 6.07) is 14.0. The summed E-state index contributed by atoms with van der Waals surface area (Å²) >= 11 is 0. The lowest BCUT2D eigenvalue weighted by Gasteiger charge is -2.25. The van der Waals surface area contributed by atoms with Crippen molar-refractivity contribution in [2.75, 3.05) is 0 Å². The summed E-state index contributed by atoms with van der Waals surface area (Å²) in [4.78, 5) is 43.7. The van der Waals surface area contributed by atoms with Gasteiger partial charge in [0, 0.05) is 24.5 Å². The average Bonchev–Trinajstić information content (AvgIpc) is 3.09. The first-order valence-corrected chi connectivity index (χ1v) is 11.0. The number of hydrogen-bond acceptors (Lipinski definition) is 6. The molecule has 0 saturated carbocycles. The maximum absolute atomic E-state index is 13.4. The van der Waals surface area contributed by atoms with Gasteiger partial charge in [0.1, 0.15) is 11.6 Å². The van der Waals surface area contributed by atoms with Gasteiger partial charge < -0.3 is 14.7 Å². The van der Waals surface area contributed by atoms with Crippen molar-refractivity contribution in [1.29, 1.82) is 0 Å². The molecular formula is C27H23FN2O5. The Balaban J connectivity index is 1.71. The zero-order valence-corrected chi connectivity index (χ0v) is 19.1. The van der Waals surface area contributed by atoms with Crippen molar-refractivity contribution in [3.05, 3.63) is 107 Å². The Morgan fingerprint density at radius 2 is 1.71 bits per heavy atom. The van der Waals surface area contributed by atoms with E-state index in [1.54, 1.807) is 56.4 Å². The maximum atomic E-state index is 13.4. The molecule has 1 N–H and O–H groups in total. The van der Waals surface area contributed by atoms with Crippen molar-refractivity contribution < 1.29 is 28.6 Å². The van der Waals surface area contributed by atoms with Crippen molar-refractivity contribution in [2.45, 2.75) is 32.5 Å². The molecule has 1 saturated heterocycles. The lowest BCUT2D eigenvalue weighted by molar-refractivity contribution is -0.140. The Hall–Kier alpha value is -4.33. The van der Waals surface area contributed by atoms with Gasteiger partial charge in [-0.2, -0.15) is 0 Å². The van der Waals surface area contributed by atoms with Gasteiger partial charge in [-0.25, -0.2) is 9.18 Å². The van der Waals surface area contributed by atoms with Crippen LogP contribution in [0.2, 0.25) is 0 Å². The highest BCUT2D eigenvalue weighted by Crippen LogP contribution is 2.40. The molecule has 1 aliphatic heterocycles. The van der Waals surface area contributed by atoms with Crippen LogP contribution >= 0.6 is 0 Å². The lowest BCUT2D eigenvalue weighted by atomic mass is 9.96. The third-order valence-corrected chi connectivity index (χ3v) is 5.54. The first-order chi connectivity index (χ1) is 16.8. The first-order valence-electron chi connectivity index (χ1n) is 11.0. The summed E-state index contributed by atoms with van der Waals surface area (Å²) in [6.45, 7) is 3.56. The standard InChI is InChI=1S/C27H23FN2O5/c1-16(2)35-27(34)19-7-5-17(6-8-19)15-30-23(20-4-3-13-29-14-20)22(25(32)26(30)33)24(31)18-9-11-21(28)12-10-18/h3-14,16,23,31H,15H2,1-2H3/b24-22+. The van der Waals surface area contributed by atoms with Gasteiger partial charge in [-0.3, -0.25) is 14.6 Å². The molecule has 1 aliphatic rings. The molecule has 0 aliphatic carbocycles. The summed E-state index contributed by atoms with van der Waals surface area (Å²) in [5.74, 6) is -2.98. The molecule has 4 rings (SSSR count). The minimum Gasteiger partial charge on any atom is -0.507 e. The van der Waals surface area contributed by atoms with Gasteiger partial charge in [-0.05, 0) is 67.4 Å². The Morgan fingerprint density at radius 1 is 1.06 bits per heavy atom. The Labute approximate surface area is 201 Å². The number of carbonyl (C=O) groups is 3. The summed E-state index contributed by atoms with van der Waals surface area (Å²) in [5, 5.41) is 11.0. The molecule has 0 radical (unpaired) electrons. The number of rotatable bonds is 6. The molecule has 1 aromatic heterocycles. The third-order valence-electron chi connectivity index (χ3n) is 5.54. The highest BCUT2D eigenvalue weighted by atomic mass is 19.1. The molecule has 7 nitrogen and oxygen atoms in total. The Bertz CT molecular complexity index is 1290.